The van der Waals surface area contributed by atoms with Gasteiger partial charge in [-0.1, -0.05) is 26.8 Å². The summed E-state index contributed by atoms with van der Waals surface area (Å²) in [5.74, 6) is 1.76. The van der Waals surface area contributed by atoms with Gasteiger partial charge in [-0.05, 0) is 47.4 Å². The fraction of sp³-hybridized carbons (Fsp3) is 0.571. The van der Waals surface area contributed by atoms with Crippen LogP contribution in [0.4, 0.5) is 0 Å². The summed E-state index contributed by atoms with van der Waals surface area (Å²) >= 11 is 3.55. The van der Waals surface area contributed by atoms with Crippen LogP contribution in [-0.4, -0.2) is 15.6 Å². The summed E-state index contributed by atoms with van der Waals surface area (Å²) in [7, 11) is -1.17. The molecule has 1 rings (SSSR count). The third kappa shape index (κ3) is 3.75. The lowest BCUT2D eigenvalue weighted by Gasteiger charge is -2.26. The number of halogens is 1. The summed E-state index contributed by atoms with van der Waals surface area (Å²) < 4.78 is 12.8. The molecule has 0 atom stereocenters. The van der Waals surface area contributed by atoms with E-state index < -0.39 is 9.04 Å². The Hall–Kier alpha value is -0.483. The lowest BCUT2D eigenvalue weighted by Crippen LogP contribution is -2.19. The Morgan fingerprint density at radius 3 is 2.22 bits per heavy atom. The number of rotatable bonds is 4. The lowest BCUT2D eigenvalue weighted by atomic mass is 9.86. The Balaban J connectivity index is 3.39. The van der Waals surface area contributed by atoms with Crippen LogP contribution in [0, 0.1) is 0 Å². The quantitative estimate of drug-likeness (QED) is 0.756. The highest BCUT2D eigenvalue weighted by Crippen LogP contribution is 2.43. The number of benzene rings is 1. The zero-order valence-corrected chi connectivity index (χ0v) is 14.9. The van der Waals surface area contributed by atoms with Crippen LogP contribution in [0.1, 0.15) is 33.3 Å². The van der Waals surface area contributed by atoms with Gasteiger partial charge < -0.3 is 9.16 Å². The second-order valence-electron chi connectivity index (χ2n) is 5.60. The number of hydrogen-bond acceptors (Lipinski definition) is 2. The molecule has 1 aromatic rings. The van der Waals surface area contributed by atoms with Gasteiger partial charge in [0.05, 0.1) is 11.1 Å². The molecule has 0 saturated carbocycles. The molecule has 4 heteroatoms. The lowest BCUT2D eigenvalue weighted by molar-refractivity contribution is 0.323. The largest absolute Gasteiger partial charge is 0.544 e. The molecule has 0 spiro atoms. The van der Waals surface area contributed by atoms with E-state index in [0.717, 1.165) is 16.0 Å². The molecular formula is C14H23BrO2Si. The highest BCUT2D eigenvalue weighted by Gasteiger charge is 2.24. The van der Waals surface area contributed by atoms with Crippen LogP contribution in [-0.2, 0) is 5.41 Å². The van der Waals surface area contributed by atoms with Crippen LogP contribution in [0.3, 0.4) is 0 Å². The molecular weight excluding hydrogens is 308 g/mol. The second kappa shape index (κ2) is 6.11. The fourth-order valence-corrected chi connectivity index (χ4v) is 2.89. The summed E-state index contributed by atoms with van der Waals surface area (Å²) in [6.45, 7) is 13.6. The predicted molar refractivity (Wildman–Crippen MR) is 83.5 cm³/mol. The molecule has 0 amide bonds. The molecule has 0 aliphatic rings. The maximum atomic E-state index is 6.12. The molecule has 0 radical (unpaired) electrons. The van der Waals surface area contributed by atoms with Crippen LogP contribution >= 0.6 is 15.9 Å². The topological polar surface area (TPSA) is 18.5 Å². The number of ether oxygens (including phenoxy) is 1. The molecule has 0 aliphatic heterocycles. The molecule has 0 bridgehead atoms. The molecule has 0 fully saturated rings. The Bertz CT molecular complexity index is 411. The molecule has 0 aromatic heterocycles. The van der Waals surface area contributed by atoms with E-state index in [2.05, 4.69) is 55.9 Å². The van der Waals surface area contributed by atoms with Crippen molar-refractivity contribution >= 4 is 25.0 Å². The van der Waals surface area contributed by atoms with Gasteiger partial charge >= 0.3 is 0 Å². The average Bonchev–Trinajstić information content (AvgIpc) is 2.20. The predicted octanol–water partition coefficient (Wildman–Crippen LogP) is 4.51. The first-order valence-corrected chi connectivity index (χ1v) is 9.97. The minimum Gasteiger partial charge on any atom is -0.544 e. The maximum absolute atomic E-state index is 6.12. The van der Waals surface area contributed by atoms with Crippen molar-refractivity contribution in [3.63, 3.8) is 0 Å². The molecule has 102 valence electrons. The normalized spacial score (nSPS) is 11.8. The van der Waals surface area contributed by atoms with E-state index in [4.69, 9.17) is 9.16 Å². The first kappa shape index (κ1) is 15.6. The third-order valence-electron chi connectivity index (χ3n) is 2.51. The first-order chi connectivity index (χ1) is 8.27. The van der Waals surface area contributed by atoms with E-state index >= 15 is 0 Å². The van der Waals surface area contributed by atoms with Crippen LogP contribution in [0.15, 0.2) is 16.6 Å². The Morgan fingerprint density at radius 2 is 1.78 bits per heavy atom. The molecule has 1 aromatic carbocycles. The first-order valence-electron chi connectivity index (χ1n) is 6.39. The van der Waals surface area contributed by atoms with Crippen molar-refractivity contribution in [3.8, 4) is 11.5 Å². The summed E-state index contributed by atoms with van der Waals surface area (Å²) in [5, 5.41) is 0. The highest BCUT2D eigenvalue weighted by molar-refractivity contribution is 9.10. The van der Waals surface area contributed by atoms with Crippen molar-refractivity contribution < 1.29 is 9.16 Å². The van der Waals surface area contributed by atoms with Gasteiger partial charge in [-0.2, -0.15) is 0 Å². The zero-order chi connectivity index (χ0) is 13.9. The SMILES string of the molecule is CCOc1c(Br)ccc(C(C)(C)C)c1O[SiH](C)C. The minimum atomic E-state index is -1.17. The van der Waals surface area contributed by atoms with Crippen LogP contribution in [0.2, 0.25) is 13.1 Å². The summed E-state index contributed by atoms with van der Waals surface area (Å²) in [6, 6.07) is 4.17. The van der Waals surface area contributed by atoms with Crippen molar-refractivity contribution in [3.05, 3.63) is 22.2 Å². The van der Waals surface area contributed by atoms with Gasteiger partial charge in [0.1, 0.15) is 0 Å². The second-order valence-corrected chi connectivity index (χ2v) is 8.79. The Labute approximate surface area is 121 Å². The van der Waals surface area contributed by atoms with Crippen molar-refractivity contribution in [1.82, 2.24) is 0 Å². The Kier molecular flexibility index (Phi) is 5.28. The third-order valence-corrected chi connectivity index (χ3v) is 3.85. The van der Waals surface area contributed by atoms with Gasteiger partial charge in [0.25, 0.3) is 0 Å². The van der Waals surface area contributed by atoms with Gasteiger partial charge in [-0.25, -0.2) is 0 Å². The van der Waals surface area contributed by atoms with Gasteiger partial charge in [0.15, 0.2) is 11.5 Å². The molecule has 0 saturated heterocycles. The standard InChI is InChI=1S/C14H23BrO2Si/c1-7-16-13-11(15)9-8-10(14(2,3)4)12(13)17-18(5)6/h8-9,18H,7H2,1-6H3. The van der Waals surface area contributed by atoms with Crippen molar-refractivity contribution in [2.45, 2.75) is 46.2 Å². The number of hydrogen-bond donors (Lipinski definition) is 0. The van der Waals surface area contributed by atoms with Gasteiger partial charge in [-0.3, -0.25) is 0 Å². The van der Waals surface area contributed by atoms with Crippen molar-refractivity contribution in [1.29, 1.82) is 0 Å². The van der Waals surface area contributed by atoms with Crippen LogP contribution in [0.5, 0.6) is 11.5 Å². The molecule has 2 nitrogen and oxygen atoms in total. The molecule has 0 heterocycles. The van der Waals surface area contributed by atoms with E-state index in [9.17, 15) is 0 Å². The highest BCUT2D eigenvalue weighted by atomic mass is 79.9. The minimum absolute atomic E-state index is 0.0468. The smallest absolute Gasteiger partial charge is 0.229 e. The van der Waals surface area contributed by atoms with Gasteiger partial charge in [-0.15, -0.1) is 0 Å². The zero-order valence-electron chi connectivity index (χ0n) is 12.1. The molecule has 0 unspecified atom stereocenters. The van der Waals surface area contributed by atoms with E-state index in [0.29, 0.717) is 6.61 Å². The summed E-state index contributed by atoms with van der Waals surface area (Å²) in [4.78, 5) is 0. The van der Waals surface area contributed by atoms with Gasteiger partial charge in [0, 0.05) is 5.56 Å². The van der Waals surface area contributed by atoms with Crippen LogP contribution in [0.25, 0.3) is 0 Å². The van der Waals surface area contributed by atoms with Crippen LogP contribution < -0.4 is 9.16 Å². The molecule has 18 heavy (non-hydrogen) atoms. The van der Waals surface area contributed by atoms with Gasteiger partial charge in [0.2, 0.25) is 9.04 Å². The summed E-state index contributed by atoms with van der Waals surface area (Å²) in [5.41, 5.74) is 1.25. The van der Waals surface area contributed by atoms with E-state index in [-0.39, 0.29) is 5.41 Å². The fourth-order valence-electron chi connectivity index (χ4n) is 1.76. The van der Waals surface area contributed by atoms with E-state index in [1.807, 2.05) is 13.0 Å². The van der Waals surface area contributed by atoms with Crippen molar-refractivity contribution in [2.24, 2.45) is 0 Å². The summed E-state index contributed by atoms with van der Waals surface area (Å²) in [6.07, 6.45) is 0. The molecule has 0 aliphatic carbocycles. The average molecular weight is 331 g/mol. The Morgan fingerprint density at radius 1 is 1.17 bits per heavy atom. The van der Waals surface area contributed by atoms with E-state index in [1.54, 1.807) is 0 Å². The maximum Gasteiger partial charge on any atom is 0.229 e. The molecule has 0 N–H and O–H groups in total. The van der Waals surface area contributed by atoms with E-state index in [1.165, 1.54) is 5.56 Å². The monoisotopic (exact) mass is 330 g/mol. The van der Waals surface area contributed by atoms with Crippen molar-refractivity contribution in [2.75, 3.05) is 6.61 Å².